The zero-order chi connectivity index (χ0) is 19.0. The van der Waals surface area contributed by atoms with E-state index in [0.29, 0.717) is 5.92 Å². The van der Waals surface area contributed by atoms with Crippen LogP contribution in [0, 0.1) is 17.8 Å². The Morgan fingerprint density at radius 3 is 1.82 bits per heavy atom. The van der Waals surface area contributed by atoms with E-state index in [1.165, 1.54) is 32.1 Å². The Kier molecular flexibility index (Phi) is 4.88. The molecule has 3 aliphatic carbocycles. The fraction of sp³-hybridized carbons (Fsp3) is 0.407. The van der Waals surface area contributed by atoms with E-state index in [0.717, 1.165) is 22.9 Å². The maximum absolute atomic E-state index is 2.57. The largest absolute Gasteiger partial charge is 0.124 e. The number of hydrogen-bond acceptors (Lipinski definition) is 0. The standard InChI is InChI=1S/C27H32Si/c1-21-20-27(26-19-11-10-18-25(21)26)28(24-16-8-9-17-24,22-12-4-2-5-13-22)23-14-6-3-7-15-23/h2-7,10-15,18-19,21,24-27H,8-9,16-17,20H2,1H3. The van der Waals surface area contributed by atoms with Crippen molar-refractivity contribution in [2.45, 2.75) is 50.1 Å². The van der Waals surface area contributed by atoms with Crippen LogP contribution in [0.4, 0.5) is 0 Å². The lowest BCUT2D eigenvalue weighted by Crippen LogP contribution is -2.65. The molecule has 5 rings (SSSR count). The van der Waals surface area contributed by atoms with Crippen LogP contribution in [0.3, 0.4) is 0 Å². The summed E-state index contributed by atoms with van der Waals surface area (Å²) in [4.78, 5) is 0. The second-order valence-electron chi connectivity index (χ2n) is 9.33. The molecule has 2 saturated carbocycles. The van der Waals surface area contributed by atoms with Crippen LogP contribution >= 0.6 is 0 Å². The van der Waals surface area contributed by atoms with Crippen molar-refractivity contribution < 1.29 is 0 Å². The van der Waals surface area contributed by atoms with E-state index < -0.39 is 8.07 Å². The second kappa shape index (κ2) is 7.52. The van der Waals surface area contributed by atoms with Gasteiger partial charge in [-0.2, -0.15) is 0 Å². The van der Waals surface area contributed by atoms with Gasteiger partial charge in [0.2, 0.25) is 0 Å². The van der Waals surface area contributed by atoms with Crippen LogP contribution in [0.15, 0.2) is 85.0 Å². The molecule has 2 aromatic carbocycles. The number of hydrogen-bond donors (Lipinski definition) is 0. The van der Waals surface area contributed by atoms with Crippen LogP contribution in [-0.4, -0.2) is 8.07 Å². The molecule has 144 valence electrons. The maximum atomic E-state index is 2.57. The molecule has 0 amide bonds. The second-order valence-corrected chi connectivity index (χ2v) is 13.8. The molecule has 1 heteroatoms. The van der Waals surface area contributed by atoms with Crippen LogP contribution in [0.25, 0.3) is 0 Å². The highest BCUT2D eigenvalue weighted by molar-refractivity contribution is 7.04. The predicted molar refractivity (Wildman–Crippen MR) is 123 cm³/mol. The van der Waals surface area contributed by atoms with E-state index in [1.807, 2.05) is 0 Å². The molecular formula is C27H32Si. The molecule has 2 fully saturated rings. The minimum atomic E-state index is -1.92. The van der Waals surface area contributed by atoms with Gasteiger partial charge in [0.15, 0.2) is 0 Å². The highest BCUT2D eigenvalue weighted by Gasteiger charge is 2.57. The van der Waals surface area contributed by atoms with Crippen LogP contribution in [0.2, 0.25) is 11.1 Å². The summed E-state index contributed by atoms with van der Waals surface area (Å²) in [6.45, 7) is 2.50. The highest BCUT2D eigenvalue weighted by atomic mass is 28.3. The summed E-state index contributed by atoms with van der Waals surface area (Å²) in [7, 11) is -1.92. The van der Waals surface area contributed by atoms with E-state index in [-0.39, 0.29) is 0 Å². The SMILES string of the molecule is CC1CC([Si](c2ccccc2)(c2ccccc2)C2CCCC2)C2C=CC=CC12. The van der Waals surface area contributed by atoms with Gasteiger partial charge in [-0.25, -0.2) is 0 Å². The van der Waals surface area contributed by atoms with Gasteiger partial charge < -0.3 is 0 Å². The van der Waals surface area contributed by atoms with Gasteiger partial charge in [-0.15, -0.1) is 0 Å². The molecule has 4 atom stereocenters. The minimum absolute atomic E-state index is 0.715. The Hall–Kier alpha value is -1.86. The third kappa shape index (κ3) is 2.78. The van der Waals surface area contributed by atoms with E-state index in [2.05, 4.69) is 91.9 Å². The lowest BCUT2D eigenvalue weighted by atomic mass is 9.87. The first-order chi connectivity index (χ1) is 13.8. The molecule has 0 radical (unpaired) electrons. The highest BCUT2D eigenvalue weighted by Crippen LogP contribution is 2.56. The lowest BCUT2D eigenvalue weighted by Gasteiger charge is -2.46. The molecule has 4 unspecified atom stereocenters. The minimum Gasteiger partial charge on any atom is -0.0808 e. The molecule has 0 N–H and O–H groups in total. The summed E-state index contributed by atoms with van der Waals surface area (Å²) in [6.07, 6.45) is 16.8. The number of benzene rings is 2. The van der Waals surface area contributed by atoms with Gasteiger partial charge in [-0.3, -0.25) is 0 Å². The molecule has 0 heterocycles. The van der Waals surface area contributed by atoms with E-state index >= 15 is 0 Å². The van der Waals surface area contributed by atoms with Crippen molar-refractivity contribution in [3.05, 3.63) is 85.0 Å². The van der Waals surface area contributed by atoms with Crippen molar-refractivity contribution in [1.29, 1.82) is 0 Å². The molecule has 2 aromatic rings. The Bertz CT molecular complexity index is 805. The summed E-state index contributed by atoms with van der Waals surface area (Å²) in [5, 5.41) is 3.38. The van der Waals surface area contributed by atoms with E-state index in [4.69, 9.17) is 0 Å². The molecule has 0 spiro atoms. The Labute approximate surface area is 171 Å². The topological polar surface area (TPSA) is 0 Å². The predicted octanol–water partition coefficient (Wildman–Crippen LogP) is 5.96. The third-order valence-electron chi connectivity index (χ3n) is 8.06. The summed E-state index contributed by atoms with van der Waals surface area (Å²) in [5.41, 5.74) is 1.69. The summed E-state index contributed by atoms with van der Waals surface area (Å²) >= 11 is 0. The van der Waals surface area contributed by atoms with Gasteiger partial charge in [0.05, 0.1) is 0 Å². The lowest BCUT2D eigenvalue weighted by molar-refractivity contribution is 0.450. The van der Waals surface area contributed by atoms with Crippen molar-refractivity contribution >= 4 is 18.4 Å². The quantitative estimate of drug-likeness (QED) is 0.570. The van der Waals surface area contributed by atoms with Crippen LogP contribution in [-0.2, 0) is 0 Å². The van der Waals surface area contributed by atoms with Gasteiger partial charge in [0.1, 0.15) is 8.07 Å². The normalized spacial score (nSPS) is 29.9. The Balaban J connectivity index is 1.74. The molecule has 0 aliphatic heterocycles. The first kappa shape index (κ1) is 18.2. The van der Waals surface area contributed by atoms with Crippen LogP contribution in [0.5, 0.6) is 0 Å². The zero-order valence-corrected chi connectivity index (χ0v) is 18.0. The fourth-order valence-electron chi connectivity index (χ4n) is 7.00. The molecule has 0 nitrogen and oxygen atoms in total. The summed E-state index contributed by atoms with van der Waals surface area (Å²) < 4.78 is 0. The van der Waals surface area contributed by atoms with Gasteiger partial charge >= 0.3 is 0 Å². The van der Waals surface area contributed by atoms with Gasteiger partial charge in [-0.05, 0) is 35.3 Å². The van der Waals surface area contributed by atoms with Gasteiger partial charge in [-0.1, -0.05) is 128 Å². The Morgan fingerprint density at radius 2 is 1.25 bits per heavy atom. The molecule has 28 heavy (non-hydrogen) atoms. The van der Waals surface area contributed by atoms with Crippen LogP contribution < -0.4 is 10.4 Å². The maximum Gasteiger partial charge on any atom is 0.124 e. The smallest absolute Gasteiger partial charge is 0.0808 e. The fourth-order valence-corrected chi connectivity index (χ4v) is 14.2. The van der Waals surface area contributed by atoms with Gasteiger partial charge in [0.25, 0.3) is 0 Å². The number of fused-ring (bicyclic) bond motifs is 1. The average molecular weight is 385 g/mol. The van der Waals surface area contributed by atoms with Crippen molar-refractivity contribution in [1.82, 2.24) is 0 Å². The number of allylic oxidation sites excluding steroid dienone is 4. The third-order valence-corrected chi connectivity index (χ3v) is 14.3. The van der Waals surface area contributed by atoms with Crippen LogP contribution in [0.1, 0.15) is 39.0 Å². The Morgan fingerprint density at radius 1 is 0.714 bits per heavy atom. The van der Waals surface area contributed by atoms with E-state index in [1.54, 1.807) is 10.4 Å². The van der Waals surface area contributed by atoms with Gasteiger partial charge in [0, 0.05) is 0 Å². The summed E-state index contributed by atoms with van der Waals surface area (Å²) in [5.74, 6) is 2.24. The summed E-state index contributed by atoms with van der Waals surface area (Å²) in [6, 6.07) is 23.5. The molecular weight excluding hydrogens is 352 g/mol. The zero-order valence-electron chi connectivity index (χ0n) is 17.0. The molecule has 0 bridgehead atoms. The number of rotatable bonds is 4. The van der Waals surface area contributed by atoms with E-state index in [9.17, 15) is 0 Å². The molecule has 3 aliphatic rings. The van der Waals surface area contributed by atoms with Crippen molar-refractivity contribution in [2.75, 3.05) is 0 Å². The monoisotopic (exact) mass is 384 g/mol. The molecule has 0 saturated heterocycles. The average Bonchev–Trinajstić information content (AvgIpc) is 3.41. The molecule has 0 aromatic heterocycles. The first-order valence-corrected chi connectivity index (χ1v) is 13.4. The van der Waals surface area contributed by atoms with Crippen molar-refractivity contribution in [2.24, 2.45) is 17.8 Å². The van der Waals surface area contributed by atoms with Crippen molar-refractivity contribution in [3.63, 3.8) is 0 Å². The van der Waals surface area contributed by atoms with Crippen molar-refractivity contribution in [3.8, 4) is 0 Å². The first-order valence-electron chi connectivity index (χ1n) is 11.3.